The highest BCUT2D eigenvalue weighted by Gasteiger charge is 2.09. The topological polar surface area (TPSA) is 56.2 Å². The van der Waals surface area contributed by atoms with Gasteiger partial charge in [-0.3, -0.25) is 0 Å². The third-order valence-electron chi connectivity index (χ3n) is 3.89. The van der Waals surface area contributed by atoms with Crippen LogP contribution in [0.5, 0.6) is 0 Å². The van der Waals surface area contributed by atoms with E-state index in [2.05, 4.69) is 60.2 Å². The van der Waals surface area contributed by atoms with Crippen molar-refractivity contribution in [3.05, 3.63) is 65.8 Å². The van der Waals surface area contributed by atoms with Crippen molar-refractivity contribution in [2.45, 2.75) is 53.9 Å². The monoisotopic (exact) mass is 352 g/mol. The molecular weight excluding hydrogens is 320 g/mol. The van der Waals surface area contributed by atoms with Crippen LogP contribution in [0.2, 0.25) is 0 Å². The predicted octanol–water partition coefficient (Wildman–Crippen LogP) is 5.74. The SMILES string of the molecule is CC.CC.CCc1ccccc1/C=C\C(C)c1cn2ccnc(N)c2n1. The normalized spacial score (nSPS) is 11.5. The summed E-state index contributed by atoms with van der Waals surface area (Å²) >= 11 is 0. The number of nitrogen functional groups attached to an aromatic ring is 1. The van der Waals surface area contributed by atoms with Gasteiger partial charge in [0.15, 0.2) is 11.5 Å². The molecule has 0 amide bonds. The van der Waals surface area contributed by atoms with Crippen molar-refractivity contribution in [3.63, 3.8) is 0 Å². The highest BCUT2D eigenvalue weighted by atomic mass is 15.1. The third-order valence-corrected chi connectivity index (χ3v) is 3.89. The Morgan fingerprint density at radius 1 is 1.15 bits per heavy atom. The average Bonchev–Trinajstić information content (AvgIpc) is 3.15. The molecule has 0 aliphatic carbocycles. The number of fused-ring (bicyclic) bond motifs is 1. The van der Waals surface area contributed by atoms with Gasteiger partial charge in [0, 0.05) is 24.5 Å². The standard InChI is InChI=1S/C18H20N4.2C2H6/c1-3-14-6-4-5-7-15(14)9-8-13(2)16-12-22-11-10-20-17(19)18(22)21-16;2*1-2/h4-13H,3H2,1-2H3,(H2,19,20);2*1-2H3/b9-8-;;. The van der Waals surface area contributed by atoms with E-state index in [1.807, 2.05) is 44.5 Å². The molecule has 1 aromatic carbocycles. The highest BCUT2D eigenvalue weighted by molar-refractivity contribution is 5.60. The van der Waals surface area contributed by atoms with Crippen molar-refractivity contribution in [1.29, 1.82) is 0 Å². The van der Waals surface area contributed by atoms with Gasteiger partial charge in [-0.1, -0.05) is 78.0 Å². The van der Waals surface area contributed by atoms with Gasteiger partial charge in [0.05, 0.1) is 5.69 Å². The molecule has 0 spiro atoms. The molecule has 3 aromatic rings. The number of benzene rings is 1. The number of allylic oxidation sites excluding steroid dienone is 1. The minimum atomic E-state index is 0.212. The summed E-state index contributed by atoms with van der Waals surface area (Å²) in [6, 6.07) is 8.47. The Morgan fingerprint density at radius 3 is 2.50 bits per heavy atom. The van der Waals surface area contributed by atoms with Crippen LogP contribution in [0.1, 0.15) is 64.3 Å². The lowest BCUT2D eigenvalue weighted by Gasteiger charge is -2.04. The van der Waals surface area contributed by atoms with Crippen molar-refractivity contribution in [2.24, 2.45) is 0 Å². The quantitative estimate of drug-likeness (QED) is 0.651. The molecule has 1 atom stereocenters. The Hall–Kier alpha value is -2.62. The Labute approximate surface area is 157 Å². The van der Waals surface area contributed by atoms with E-state index in [0.29, 0.717) is 11.5 Å². The molecule has 0 bridgehead atoms. The van der Waals surface area contributed by atoms with Crippen molar-refractivity contribution in [3.8, 4) is 0 Å². The molecule has 1 unspecified atom stereocenters. The molecule has 2 aromatic heterocycles. The number of hydrogen-bond donors (Lipinski definition) is 1. The van der Waals surface area contributed by atoms with E-state index in [1.54, 1.807) is 6.20 Å². The average molecular weight is 353 g/mol. The number of aryl methyl sites for hydroxylation is 1. The fraction of sp³-hybridized carbons (Fsp3) is 0.364. The first-order chi connectivity index (χ1) is 12.7. The van der Waals surface area contributed by atoms with E-state index in [0.717, 1.165) is 12.1 Å². The number of rotatable bonds is 4. The van der Waals surface area contributed by atoms with E-state index in [9.17, 15) is 0 Å². The Morgan fingerprint density at radius 2 is 1.85 bits per heavy atom. The Kier molecular flexibility index (Phi) is 9.13. The van der Waals surface area contributed by atoms with Gasteiger partial charge in [0.1, 0.15) is 0 Å². The fourth-order valence-electron chi connectivity index (χ4n) is 2.54. The lowest BCUT2D eigenvalue weighted by atomic mass is 10.0. The number of anilines is 1. The number of aromatic nitrogens is 3. The largest absolute Gasteiger partial charge is 0.381 e. The van der Waals surface area contributed by atoms with Gasteiger partial charge in [-0.2, -0.15) is 0 Å². The molecular formula is C22H32N4. The molecule has 140 valence electrons. The third kappa shape index (κ3) is 5.19. The summed E-state index contributed by atoms with van der Waals surface area (Å²) < 4.78 is 1.92. The van der Waals surface area contributed by atoms with Crippen LogP contribution in [0.3, 0.4) is 0 Å². The number of imidazole rings is 1. The van der Waals surface area contributed by atoms with Gasteiger partial charge < -0.3 is 10.1 Å². The van der Waals surface area contributed by atoms with Crippen molar-refractivity contribution in [1.82, 2.24) is 14.4 Å². The molecule has 2 heterocycles. The van der Waals surface area contributed by atoms with Crippen molar-refractivity contribution in [2.75, 3.05) is 5.73 Å². The van der Waals surface area contributed by atoms with E-state index in [1.165, 1.54) is 11.1 Å². The lowest BCUT2D eigenvalue weighted by molar-refractivity contribution is 0.928. The summed E-state index contributed by atoms with van der Waals surface area (Å²) in [4.78, 5) is 8.66. The Bertz CT molecular complexity index is 818. The maximum absolute atomic E-state index is 5.86. The molecule has 0 fully saturated rings. The summed E-state index contributed by atoms with van der Waals surface area (Å²) in [6.45, 7) is 12.3. The van der Waals surface area contributed by atoms with E-state index in [4.69, 9.17) is 5.73 Å². The molecule has 2 N–H and O–H groups in total. The molecule has 0 aliphatic rings. The zero-order valence-electron chi connectivity index (χ0n) is 16.9. The predicted molar refractivity (Wildman–Crippen MR) is 113 cm³/mol. The molecule has 26 heavy (non-hydrogen) atoms. The highest BCUT2D eigenvalue weighted by Crippen LogP contribution is 2.20. The van der Waals surface area contributed by atoms with Crippen LogP contribution in [0.15, 0.2) is 48.9 Å². The van der Waals surface area contributed by atoms with Crippen LogP contribution in [0, 0.1) is 0 Å². The molecule has 0 aliphatic heterocycles. The number of nitrogens with two attached hydrogens (primary N) is 1. The molecule has 0 saturated heterocycles. The van der Waals surface area contributed by atoms with Gasteiger partial charge in [0.2, 0.25) is 0 Å². The summed E-state index contributed by atoms with van der Waals surface area (Å²) in [6.07, 6.45) is 10.9. The van der Waals surface area contributed by atoms with Crippen LogP contribution in [-0.4, -0.2) is 14.4 Å². The summed E-state index contributed by atoms with van der Waals surface area (Å²) in [5.41, 5.74) is 10.2. The number of nitrogens with zero attached hydrogens (tertiary/aromatic N) is 3. The van der Waals surface area contributed by atoms with Crippen LogP contribution in [0.4, 0.5) is 5.82 Å². The summed E-state index contributed by atoms with van der Waals surface area (Å²) in [7, 11) is 0. The lowest BCUT2D eigenvalue weighted by Crippen LogP contribution is -1.94. The van der Waals surface area contributed by atoms with E-state index in [-0.39, 0.29) is 5.92 Å². The fourth-order valence-corrected chi connectivity index (χ4v) is 2.54. The zero-order chi connectivity index (χ0) is 19.5. The minimum absolute atomic E-state index is 0.212. The molecule has 0 radical (unpaired) electrons. The van der Waals surface area contributed by atoms with Gasteiger partial charge in [-0.05, 0) is 17.5 Å². The van der Waals surface area contributed by atoms with Crippen LogP contribution < -0.4 is 5.73 Å². The van der Waals surface area contributed by atoms with E-state index < -0.39 is 0 Å². The second-order valence-electron chi connectivity index (χ2n) is 5.41. The molecule has 4 nitrogen and oxygen atoms in total. The van der Waals surface area contributed by atoms with Gasteiger partial charge in [-0.25, -0.2) is 9.97 Å². The van der Waals surface area contributed by atoms with Crippen molar-refractivity contribution < 1.29 is 0 Å². The van der Waals surface area contributed by atoms with Crippen LogP contribution in [-0.2, 0) is 6.42 Å². The smallest absolute Gasteiger partial charge is 0.180 e. The first-order valence-electron chi connectivity index (χ1n) is 9.54. The van der Waals surface area contributed by atoms with E-state index >= 15 is 0 Å². The summed E-state index contributed by atoms with van der Waals surface area (Å²) in [5, 5.41) is 0. The van der Waals surface area contributed by atoms with Gasteiger partial charge in [0.25, 0.3) is 0 Å². The van der Waals surface area contributed by atoms with Gasteiger partial charge >= 0.3 is 0 Å². The first-order valence-corrected chi connectivity index (χ1v) is 9.54. The summed E-state index contributed by atoms with van der Waals surface area (Å²) in [5.74, 6) is 0.672. The zero-order valence-corrected chi connectivity index (χ0v) is 16.9. The first kappa shape index (κ1) is 21.4. The molecule has 0 saturated carbocycles. The van der Waals surface area contributed by atoms with Crippen LogP contribution in [0.25, 0.3) is 11.7 Å². The second kappa shape index (κ2) is 11.1. The van der Waals surface area contributed by atoms with Gasteiger partial charge in [-0.15, -0.1) is 0 Å². The minimum Gasteiger partial charge on any atom is -0.381 e. The maximum atomic E-state index is 5.86. The number of hydrogen-bond acceptors (Lipinski definition) is 3. The second-order valence-corrected chi connectivity index (χ2v) is 5.41. The molecule has 3 rings (SSSR count). The van der Waals surface area contributed by atoms with Crippen molar-refractivity contribution >= 4 is 17.5 Å². The maximum Gasteiger partial charge on any atom is 0.180 e. The van der Waals surface area contributed by atoms with Crippen LogP contribution >= 0.6 is 0 Å². The molecule has 4 heteroatoms. The Balaban J connectivity index is 0.000000791.